The molecule has 3 rings (SSSR count). The van der Waals surface area contributed by atoms with Crippen LogP contribution in [0.2, 0.25) is 0 Å². The van der Waals surface area contributed by atoms with Gasteiger partial charge in [-0.05, 0) is 54.2 Å². The third kappa shape index (κ3) is 5.23. The molecule has 2 aromatic rings. The third-order valence-electron chi connectivity index (χ3n) is 4.62. The summed E-state index contributed by atoms with van der Waals surface area (Å²) in [6.45, 7) is 0. The van der Waals surface area contributed by atoms with Crippen LogP contribution in [-0.4, -0.2) is 17.6 Å². The molecule has 0 saturated carbocycles. The van der Waals surface area contributed by atoms with E-state index >= 15 is 0 Å². The summed E-state index contributed by atoms with van der Waals surface area (Å²) in [5.74, 6) is -1.31. The smallest absolute Gasteiger partial charge is 0.242 e. The third-order valence-corrected chi connectivity index (χ3v) is 4.62. The van der Waals surface area contributed by atoms with E-state index in [0.717, 1.165) is 19.3 Å². The highest BCUT2D eigenvalue weighted by atomic mass is 19.1. The monoisotopic (exact) mass is 368 g/mol. The largest absolute Gasteiger partial charge is 0.294 e. The highest BCUT2D eigenvalue weighted by molar-refractivity contribution is 5.98. The second-order valence-electron chi connectivity index (χ2n) is 6.66. The van der Waals surface area contributed by atoms with Gasteiger partial charge in [-0.3, -0.25) is 25.2 Å². The first-order valence-corrected chi connectivity index (χ1v) is 8.98. The fourth-order valence-electron chi connectivity index (χ4n) is 3.15. The maximum absolute atomic E-state index is 12.8. The number of benzene rings is 2. The average molecular weight is 368 g/mol. The van der Waals surface area contributed by atoms with Gasteiger partial charge in [0, 0.05) is 18.4 Å². The molecule has 2 aromatic carbocycles. The molecule has 0 fully saturated rings. The lowest BCUT2D eigenvalue weighted by Crippen LogP contribution is -2.42. The number of rotatable bonds is 6. The number of Topliss-reactive ketones (excluding diaryl/α,β-unsaturated/α-hetero) is 1. The molecular weight excluding hydrogens is 347 g/mol. The molecule has 27 heavy (non-hydrogen) atoms. The second-order valence-corrected chi connectivity index (χ2v) is 6.66. The van der Waals surface area contributed by atoms with Crippen LogP contribution in [0.25, 0.3) is 0 Å². The molecule has 0 heterocycles. The van der Waals surface area contributed by atoms with Gasteiger partial charge in [0.25, 0.3) is 0 Å². The molecule has 0 bridgehead atoms. The van der Waals surface area contributed by atoms with Gasteiger partial charge in [0.05, 0.1) is 6.42 Å². The Hall–Kier alpha value is -3.02. The summed E-state index contributed by atoms with van der Waals surface area (Å²) in [5, 5.41) is 0. The molecule has 1 aliphatic rings. The summed E-state index contributed by atoms with van der Waals surface area (Å²) < 4.78 is 12.8. The molecule has 5 nitrogen and oxygen atoms in total. The van der Waals surface area contributed by atoms with Gasteiger partial charge in [-0.2, -0.15) is 0 Å². The van der Waals surface area contributed by atoms with Gasteiger partial charge in [-0.1, -0.05) is 24.3 Å². The predicted molar refractivity (Wildman–Crippen MR) is 98.4 cm³/mol. The van der Waals surface area contributed by atoms with Crippen LogP contribution in [0.15, 0.2) is 42.5 Å². The number of nitrogens with one attached hydrogen (secondary N) is 2. The number of fused-ring (bicyclic) bond motifs is 1. The van der Waals surface area contributed by atoms with Crippen molar-refractivity contribution in [1.29, 1.82) is 0 Å². The summed E-state index contributed by atoms with van der Waals surface area (Å²) in [6.07, 6.45) is 3.27. The number of ketones is 1. The van der Waals surface area contributed by atoms with Gasteiger partial charge in [0.2, 0.25) is 11.8 Å². The van der Waals surface area contributed by atoms with Crippen LogP contribution < -0.4 is 10.9 Å². The molecule has 0 spiro atoms. The number of amides is 2. The van der Waals surface area contributed by atoms with Crippen LogP contribution in [0, 0.1) is 5.82 Å². The van der Waals surface area contributed by atoms with Crippen molar-refractivity contribution in [2.75, 3.05) is 0 Å². The van der Waals surface area contributed by atoms with E-state index in [0.29, 0.717) is 11.1 Å². The van der Waals surface area contributed by atoms with E-state index in [1.807, 2.05) is 18.2 Å². The minimum Gasteiger partial charge on any atom is -0.294 e. The van der Waals surface area contributed by atoms with E-state index in [2.05, 4.69) is 10.9 Å². The van der Waals surface area contributed by atoms with Crippen molar-refractivity contribution in [3.05, 3.63) is 70.5 Å². The molecular formula is C21H21FN2O3. The predicted octanol–water partition coefficient (Wildman–Crippen LogP) is 2.67. The number of halogens is 1. The van der Waals surface area contributed by atoms with Crippen molar-refractivity contribution < 1.29 is 18.8 Å². The Bertz CT molecular complexity index is 862. The van der Waals surface area contributed by atoms with Crippen LogP contribution in [0.1, 0.15) is 46.3 Å². The van der Waals surface area contributed by atoms with Crippen molar-refractivity contribution in [3.8, 4) is 0 Å². The molecule has 1 aliphatic carbocycles. The zero-order chi connectivity index (χ0) is 19.2. The van der Waals surface area contributed by atoms with Crippen LogP contribution in [-0.2, 0) is 28.9 Å². The summed E-state index contributed by atoms with van der Waals surface area (Å²) >= 11 is 0. The van der Waals surface area contributed by atoms with E-state index in [1.54, 1.807) is 0 Å². The van der Waals surface area contributed by atoms with Crippen molar-refractivity contribution >= 4 is 17.6 Å². The van der Waals surface area contributed by atoms with E-state index in [-0.39, 0.29) is 30.9 Å². The molecule has 0 unspecified atom stereocenters. The summed E-state index contributed by atoms with van der Waals surface area (Å²) in [5.41, 5.74) is 8.38. The fourth-order valence-corrected chi connectivity index (χ4v) is 3.15. The van der Waals surface area contributed by atoms with Crippen LogP contribution in [0.4, 0.5) is 4.39 Å². The van der Waals surface area contributed by atoms with Crippen LogP contribution >= 0.6 is 0 Å². The molecule has 0 atom stereocenters. The highest BCUT2D eigenvalue weighted by Gasteiger charge is 2.15. The minimum atomic E-state index is -0.433. The van der Waals surface area contributed by atoms with Crippen molar-refractivity contribution in [3.63, 3.8) is 0 Å². The zero-order valence-electron chi connectivity index (χ0n) is 14.9. The lowest BCUT2D eigenvalue weighted by molar-refractivity contribution is -0.128. The molecule has 0 saturated heterocycles. The quantitative estimate of drug-likeness (QED) is 0.608. The van der Waals surface area contributed by atoms with Gasteiger partial charge in [-0.25, -0.2) is 4.39 Å². The van der Waals surface area contributed by atoms with Crippen molar-refractivity contribution in [2.45, 2.75) is 38.5 Å². The Morgan fingerprint density at radius 3 is 2.33 bits per heavy atom. The normalized spacial score (nSPS) is 12.3. The second kappa shape index (κ2) is 8.58. The first kappa shape index (κ1) is 18.8. The molecule has 0 aliphatic heterocycles. The van der Waals surface area contributed by atoms with Crippen molar-refractivity contribution in [1.82, 2.24) is 10.9 Å². The SMILES string of the molecule is O=C(CCC(=O)c1ccc2c(c1)CCC2)NNC(=O)Cc1ccc(F)cc1. The van der Waals surface area contributed by atoms with Gasteiger partial charge in [-0.15, -0.1) is 0 Å². The van der Waals surface area contributed by atoms with E-state index in [9.17, 15) is 18.8 Å². The van der Waals surface area contributed by atoms with Crippen LogP contribution in [0.5, 0.6) is 0 Å². The average Bonchev–Trinajstić information content (AvgIpc) is 3.14. The maximum Gasteiger partial charge on any atom is 0.242 e. The fraction of sp³-hybridized carbons (Fsp3) is 0.286. The number of aryl methyl sites for hydroxylation is 2. The Morgan fingerprint density at radius 1 is 0.852 bits per heavy atom. The summed E-state index contributed by atoms with van der Waals surface area (Å²) in [6, 6.07) is 11.3. The Kier molecular flexibility index (Phi) is 5.96. The molecule has 2 N–H and O–H groups in total. The van der Waals surface area contributed by atoms with Crippen molar-refractivity contribution in [2.24, 2.45) is 0 Å². The minimum absolute atomic E-state index is 0.00720. The summed E-state index contributed by atoms with van der Waals surface area (Å²) in [4.78, 5) is 35.9. The Morgan fingerprint density at radius 2 is 1.56 bits per heavy atom. The maximum atomic E-state index is 12.8. The first-order chi connectivity index (χ1) is 13.0. The Labute approximate surface area is 156 Å². The number of hydrogen-bond acceptors (Lipinski definition) is 3. The van der Waals surface area contributed by atoms with E-state index in [4.69, 9.17) is 0 Å². The van der Waals surface area contributed by atoms with E-state index < -0.39 is 11.8 Å². The van der Waals surface area contributed by atoms with Gasteiger partial charge in [0.15, 0.2) is 5.78 Å². The lowest BCUT2D eigenvalue weighted by Gasteiger charge is -2.08. The number of hydrogen-bond donors (Lipinski definition) is 2. The molecule has 2 amide bonds. The lowest BCUT2D eigenvalue weighted by atomic mass is 10.0. The molecule has 0 aromatic heterocycles. The Balaban J connectivity index is 1.40. The van der Waals surface area contributed by atoms with Crippen LogP contribution in [0.3, 0.4) is 0 Å². The number of hydrazine groups is 1. The first-order valence-electron chi connectivity index (χ1n) is 8.98. The topological polar surface area (TPSA) is 75.3 Å². The highest BCUT2D eigenvalue weighted by Crippen LogP contribution is 2.23. The number of carbonyl (C=O) groups is 3. The van der Waals surface area contributed by atoms with Gasteiger partial charge < -0.3 is 0 Å². The standard InChI is InChI=1S/C21H21FN2O3/c22-18-8-4-14(5-9-18)12-21(27)24-23-20(26)11-10-19(25)17-7-6-15-2-1-3-16(15)13-17/h4-9,13H,1-3,10-12H2,(H,23,26)(H,24,27). The molecule has 140 valence electrons. The molecule has 6 heteroatoms. The summed E-state index contributed by atoms with van der Waals surface area (Å²) in [7, 11) is 0. The number of carbonyl (C=O) groups excluding carboxylic acids is 3. The molecule has 0 radical (unpaired) electrons. The van der Waals surface area contributed by atoms with Gasteiger partial charge in [0.1, 0.15) is 5.82 Å². The zero-order valence-corrected chi connectivity index (χ0v) is 14.9. The van der Waals surface area contributed by atoms with E-state index in [1.165, 1.54) is 35.4 Å². The van der Waals surface area contributed by atoms with Gasteiger partial charge >= 0.3 is 0 Å².